The van der Waals surface area contributed by atoms with Crippen LogP contribution < -0.4 is 5.32 Å². The van der Waals surface area contributed by atoms with Crippen LogP contribution in [-0.2, 0) is 0 Å². The van der Waals surface area contributed by atoms with Gasteiger partial charge in [-0.05, 0) is 30.7 Å². The van der Waals surface area contributed by atoms with Gasteiger partial charge in [0.1, 0.15) is 0 Å². The highest BCUT2D eigenvalue weighted by atomic mass is 79.9. The first kappa shape index (κ1) is 16.0. The van der Waals surface area contributed by atoms with Crippen molar-refractivity contribution in [2.45, 2.75) is 32.0 Å². The molecule has 1 N–H and O–H groups in total. The number of benzene rings is 1. The maximum Gasteiger partial charge on any atom is 0.389 e. The number of nitrogens with one attached hydrogen (secondary N) is 1. The highest BCUT2D eigenvalue weighted by Gasteiger charge is 2.29. The Morgan fingerprint density at radius 3 is 2.44 bits per heavy atom. The van der Waals surface area contributed by atoms with Crippen molar-refractivity contribution in [2.24, 2.45) is 0 Å². The van der Waals surface area contributed by atoms with Gasteiger partial charge in [0.25, 0.3) is 0 Å². The summed E-state index contributed by atoms with van der Waals surface area (Å²) in [7, 11) is 0. The Morgan fingerprint density at radius 1 is 1.28 bits per heavy atom. The number of alkyl halides is 3. The lowest BCUT2D eigenvalue weighted by Crippen LogP contribution is -2.23. The Hall–Kier alpha value is -0.0700. The van der Waals surface area contributed by atoms with E-state index < -0.39 is 12.6 Å². The van der Waals surface area contributed by atoms with Crippen molar-refractivity contribution in [3.8, 4) is 0 Å². The molecule has 1 aromatic carbocycles. The predicted octanol–water partition coefficient (Wildman–Crippen LogP) is 5.20. The number of rotatable bonds is 5. The summed E-state index contributed by atoms with van der Waals surface area (Å²) in [4.78, 5) is 0. The molecule has 0 aromatic heterocycles. The van der Waals surface area contributed by atoms with Gasteiger partial charge < -0.3 is 5.32 Å². The van der Waals surface area contributed by atoms with Crippen molar-refractivity contribution >= 4 is 31.9 Å². The van der Waals surface area contributed by atoms with Gasteiger partial charge in [-0.15, -0.1) is 0 Å². The molecule has 0 radical (unpaired) electrons. The van der Waals surface area contributed by atoms with Crippen LogP contribution in [0.25, 0.3) is 0 Å². The van der Waals surface area contributed by atoms with Crippen molar-refractivity contribution in [3.05, 3.63) is 32.7 Å². The molecule has 1 atom stereocenters. The van der Waals surface area contributed by atoms with E-state index in [1.807, 2.05) is 25.1 Å². The van der Waals surface area contributed by atoms with Crippen LogP contribution in [0, 0.1) is 0 Å². The second-order valence-corrected chi connectivity index (χ2v) is 5.70. The van der Waals surface area contributed by atoms with Gasteiger partial charge in [-0.3, -0.25) is 0 Å². The van der Waals surface area contributed by atoms with Crippen molar-refractivity contribution in [1.29, 1.82) is 0 Å². The minimum atomic E-state index is -4.12. The minimum absolute atomic E-state index is 0.0393. The van der Waals surface area contributed by atoms with E-state index in [4.69, 9.17) is 0 Å². The lowest BCUT2D eigenvalue weighted by molar-refractivity contribution is -0.136. The molecule has 0 saturated carbocycles. The van der Waals surface area contributed by atoms with E-state index in [2.05, 4.69) is 37.2 Å². The number of halogens is 5. The molecule has 0 spiro atoms. The molecule has 18 heavy (non-hydrogen) atoms. The van der Waals surface area contributed by atoms with Crippen LogP contribution in [0.3, 0.4) is 0 Å². The standard InChI is InChI=1S/C12H14Br2F3N/c1-2-18-11(5-6-12(15,16)17)9-4-3-8(13)7-10(9)14/h3-4,7,11,18H,2,5-6H2,1H3. The molecule has 102 valence electrons. The van der Waals surface area contributed by atoms with Crippen LogP contribution in [0.4, 0.5) is 13.2 Å². The van der Waals surface area contributed by atoms with Gasteiger partial charge >= 0.3 is 6.18 Å². The molecule has 0 bridgehead atoms. The van der Waals surface area contributed by atoms with Crippen molar-refractivity contribution in [1.82, 2.24) is 5.32 Å². The van der Waals surface area contributed by atoms with Gasteiger partial charge in [0.2, 0.25) is 0 Å². The molecule has 0 fully saturated rings. The summed E-state index contributed by atoms with van der Waals surface area (Å²) in [5.41, 5.74) is 0.851. The molecule has 1 nitrogen and oxygen atoms in total. The smallest absolute Gasteiger partial charge is 0.310 e. The summed E-state index contributed by atoms with van der Waals surface area (Å²) in [5, 5.41) is 3.09. The van der Waals surface area contributed by atoms with Crippen molar-refractivity contribution in [3.63, 3.8) is 0 Å². The summed E-state index contributed by atoms with van der Waals surface area (Å²) in [6.07, 6.45) is -4.86. The van der Waals surface area contributed by atoms with Gasteiger partial charge in [-0.2, -0.15) is 13.2 Å². The maximum atomic E-state index is 12.3. The zero-order valence-corrected chi connectivity index (χ0v) is 13.0. The van der Waals surface area contributed by atoms with E-state index in [1.54, 1.807) is 0 Å². The average Bonchev–Trinajstić information content (AvgIpc) is 2.24. The lowest BCUT2D eigenvalue weighted by Gasteiger charge is -2.20. The Bertz CT molecular complexity index is 393. The second-order valence-electron chi connectivity index (χ2n) is 3.93. The van der Waals surface area contributed by atoms with Gasteiger partial charge in [0.15, 0.2) is 0 Å². The van der Waals surface area contributed by atoms with E-state index >= 15 is 0 Å². The molecular weight excluding hydrogens is 375 g/mol. The summed E-state index contributed by atoms with van der Waals surface area (Å²) in [5.74, 6) is 0. The predicted molar refractivity (Wildman–Crippen MR) is 73.5 cm³/mol. The van der Waals surface area contributed by atoms with Crippen LogP contribution in [0.1, 0.15) is 31.4 Å². The lowest BCUT2D eigenvalue weighted by atomic mass is 10.0. The Labute approximate surface area is 121 Å². The van der Waals surface area contributed by atoms with Crippen molar-refractivity contribution < 1.29 is 13.2 Å². The van der Waals surface area contributed by atoms with E-state index in [0.29, 0.717) is 6.54 Å². The average molecular weight is 389 g/mol. The normalized spacial score (nSPS) is 13.7. The third kappa shape index (κ3) is 5.28. The fourth-order valence-electron chi connectivity index (χ4n) is 1.71. The molecule has 6 heteroatoms. The third-order valence-corrected chi connectivity index (χ3v) is 3.68. The molecular formula is C12H14Br2F3N. The van der Waals surface area contributed by atoms with Crippen LogP contribution in [0.2, 0.25) is 0 Å². The Balaban J connectivity index is 2.83. The summed E-state index contributed by atoms with van der Waals surface area (Å²) in [6, 6.07) is 5.21. The maximum absolute atomic E-state index is 12.3. The molecule has 1 unspecified atom stereocenters. The molecule has 0 saturated heterocycles. The quantitative estimate of drug-likeness (QED) is 0.730. The molecule has 0 aliphatic rings. The first-order valence-electron chi connectivity index (χ1n) is 5.58. The SMILES string of the molecule is CCNC(CCC(F)(F)F)c1ccc(Br)cc1Br. The molecule has 1 rings (SSSR count). The van der Waals surface area contributed by atoms with E-state index in [-0.39, 0.29) is 12.5 Å². The van der Waals surface area contributed by atoms with Crippen LogP contribution in [-0.4, -0.2) is 12.7 Å². The first-order chi connectivity index (χ1) is 8.33. The molecule has 1 aromatic rings. The second kappa shape index (κ2) is 6.91. The third-order valence-electron chi connectivity index (χ3n) is 2.50. The van der Waals surface area contributed by atoms with Gasteiger partial charge in [0.05, 0.1) is 0 Å². The van der Waals surface area contributed by atoms with Gasteiger partial charge in [0, 0.05) is 21.4 Å². The monoisotopic (exact) mass is 387 g/mol. The topological polar surface area (TPSA) is 12.0 Å². The Morgan fingerprint density at radius 2 is 1.94 bits per heavy atom. The number of hydrogen-bond acceptors (Lipinski definition) is 1. The summed E-state index contributed by atoms with van der Waals surface area (Å²) >= 11 is 6.71. The molecule has 0 aliphatic heterocycles. The largest absolute Gasteiger partial charge is 0.389 e. The zero-order valence-electron chi connectivity index (χ0n) is 9.82. The fourth-order valence-corrected chi connectivity index (χ4v) is 3.03. The minimum Gasteiger partial charge on any atom is -0.310 e. The highest BCUT2D eigenvalue weighted by molar-refractivity contribution is 9.11. The van der Waals surface area contributed by atoms with Crippen LogP contribution in [0.15, 0.2) is 27.1 Å². The van der Waals surface area contributed by atoms with E-state index in [9.17, 15) is 13.2 Å². The summed E-state index contributed by atoms with van der Waals surface area (Å²) in [6.45, 7) is 2.51. The van der Waals surface area contributed by atoms with E-state index in [0.717, 1.165) is 14.5 Å². The summed E-state index contributed by atoms with van der Waals surface area (Å²) < 4.78 is 38.6. The molecule has 0 amide bonds. The fraction of sp³-hybridized carbons (Fsp3) is 0.500. The first-order valence-corrected chi connectivity index (χ1v) is 7.17. The zero-order chi connectivity index (χ0) is 13.8. The van der Waals surface area contributed by atoms with Gasteiger partial charge in [-0.1, -0.05) is 44.8 Å². The highest BCUT2D eigenvalue weighted by Crippen LogP contribution is 2.32. The van der Waals surface area contributed by atoms with E-state index in [1.165, 1.54) is 0 Å². The molecule has 0 aliphatic carbocycles. The Kier molecular flexibility index (Phi) is 6.14. The van der Waals surface area contributed by atoms with Crippen LogP contribution in [0.5, 0.6) is 0 Å². The molecule has 0 heterocycles. The van der Waals surface area contributed by atoms with Crippen molar-refractivity contribution in [2.75, 3.05) is 6.54 Å². The number of hydrogen-bond donors (Lipinski definition) is 1. The van der Waals surface area contributed by atoms with Crippen LogP contribution >= 0.6 is 31.9 Å². The van der Waals surface area contributed by atoms with Gasteiger partial charge in [-0.25, -0.2) is 0 Å².